The van der Waals surface area contributed by atoms with Gasteiger partial charge in [0.1, 0.15) is 11.5 Å². The maximum Gasteiger partial charge on any atom is 0.315 e. The van der Waals surface area contributed by atoms with Crippen LogP contribution in [0.4, 0.5) is 5.69 Å². The van der Waals surface area contributed by atoms with E-state index in [2.05, 4.69) is 6.92 Å². The molecule has 0 N–H and O–H groups in total. The lowest BCUT2D eigenvalue weighted by atomic mass is 9.99. The van der Waals surface area contributed by atoms with Gasteiger partial charge >= 0.3 is 5.97 Å². The highest BCUT2D eigenvalue weighted by Gasteiger charge is 2.07. The van der Waals surface area contributed by atoms with Gasteiger partial charge < -0.3 is 9.47 Å². The molecule has 2 rings (SSSR count). The van der Waals surface area contributed by atoms with Gasteiger partial charge in [-0.3, -0.25) is 14.9 Å². The maximum absolute atomic E-state index is 11.9. The number of non-ortho nitro benzene ring substituents is 1. The van der Waals surface area contributed by atoms with Crippen molar-refractivity contribution in [2.24, 2.45) is 0 Å². The number of nitrogens with zero attached hydrogens (tertiary/aromatic N) is 1. The molecule has 2 aromatic rings. The number of allylic oxidation sites excluding steroid dienone is 3. The van der Waals surface area contributed by atoms with Crippen LogP contribution in [0.1, 0.15) is 38.2 Å². The second-order valence-corrected chi connectivity index (χ2v) is 6.38. The van der Waals surface area contributed by atoms with Crippen molar-refractivity contribution in [1.29, 1.82) is 0 Å². The van der Waals surface area contributed by atoms with Crippen molar-refractivity contribution in [1.82, 2.24) is 0 Å². The molecule has 0 amide bonds. The van der Waals surface area contributed by atoms with Gasteiger partial charge in [0.05, 0.1) is 18.5 Å². The largest absolute Gasteiger partial charge is 0.497 e. The summed E-state index contributed by atoms with van der Waals surface area (Å²) in [6.07, 6.45) is 8.83. The van der Waals surface area contributed by atoms with Crippen LogP contribution in [0, 0.1) is 10.1 Å². The molecule has 0 aliphatic heterocycles. The Morgan fingerprint density at radius 1 is 1.07 bits per heavy atom. The summed E-state index contributed by atoms with van der Waals surface area (Å²) in [6.45, 7) is 2.15. The Bertz CT molecular complexity index is 867. The molecule has 0 aromatic heterocycles. The van der Waals surface area contributed by atoms with E-state index in [4.69, 9.17) is 9.47 Å². The number of nitro benzene ring substituents is 1. The number of rotatable bonds is 10. The topological polar surface area (TPSA) is 78.7 Å². The summed E-state index contributed by atoms with van der Waals surface area (Å²) in [5.41, 5.74) is 2.26. The molecule has 0 fully saturated rings. The SMILES string of the molecule is CCCC/C(=C\C=C\CC(=O)Oc1ccc([N+](=O)[O-])cc1)c1ccc(OC)cc1. The zero-order valence-corrected chi connectivity index (χ0v) is 16.7. The number of methoxy groups -OCH3 is 1. The Morgan fingerprint density at radius 2 is 1.72 bits per heavy atom. The van der Waals surface area contributed by atoms with Crippen LogP contribution >= 0.6 is 0 Å². The second-order valence-electron chi connectivity index (χ2n) is 6.38. The smallest absolute Gasteiger partial charge is 0.315 e. The number of benzene rings is 2. The number of carbonyl (C=O) groups excluding carboxylic acids is 1. The highest BCUT2D eigenvalue weighted by molar-refractivity contribution is 5.74. The summed E-state index contributed by atoms with van der Waals surface area (Å²) in [5, 5.41) is 10.6. The van der Waals surface area contributed by atoms with Gasteiger partial charge in [0.15, 0.2) is 0 Å². The number of hydrogen-bond donors (Lipinski definition) is 0. The third-order valence-corrected chi connectivity index (χ3v) is 4.26. The average Bonchev–Trinajstić information content (AvgIpc) is 2.73. The first-order valence-corrected chi connectivity index (χ1v) is 9.48. The summed E-state index contributed by atoms with van der Waals surface area (Å²) in [4.78, 5) is 22.1. The molecule has 29 heavy (non-hydrogen) atoms. The Labute approximate surface area is 170 Å². The van der Waals surface area contributed by atoms with Crippen molar-refractivity contribution in [2.45, 2.75) is 32.6 Å². The Morgan fingerprint density at radius 3 is 2.31 bits per heavy atom. The van der Waals surface area contributed by atoms with Crippen LogP contribution in [-0.4, -0.2) is 18.0 Å². The molecule has 2 aromatic carbocycles. The number of esters is 1. The number of nitro groups is 1. The van der Waals surface area contributed by atoms with Crippen molar-refractivity contribution < 1.29 is 19.2 Å². The number of hydrogen-bond acceptors (Lipinski definition) is 5. The molecule has 0 unspecified atom stereocenters. The van der Waals surface area contributed by atoms with Gasteiger partial charge in [-0.25, -0.2) is 0 Å². The minimum Gasteiger partial charge on any atom is -0.497 e. The molecule has 0 radical (unpaired) electrons. The lowest BCUT2D eigenvalue weighted by Crippen LogP contribution is -2.06. The van der Waals surface area contributed by atoms with Gasteiger partial charge in [-0.2, -0.15) is 0 Å². The van der Waals surface area contributed by atoms with E-state index in [-0.39, 0.29) is 17.9 Å². The number of unbranched alkanes of at least 4 members (excludes halogenated alkanes) is 1. The van der Waals surface area contributed by atoms with Gasteiger partial charge in [0, 0.05) is 12.1 Å². The van der Waals surface area contributed by atoms with E-state index < -0.39 is 10.9 Å². The van der Waals surface area contributed by atoms with Gasteiger partial charge in [0.2, 0.25) is 0 Å². The van der Waals surface area contributed by atoms with Gasteiger partial charge in [0.25, 0.3) is 5.69 Å². The zero-order valence-electron chi connectivity index (χ0n) is 16.7. The molecular weight excluding hydrogens is 370 g/mol. The Hall–Kier alpha value is -3.41. The first-order valence-electron chi connectivity index (χ1n) is 9.48. The minimum absolute atomic E-state index is 0.0482. The van der Waals surface area contributed by atoms with Crippen LogP contribution in [0.25, 0.3) is 5.57 Å². The van der Waals surface area contributed by atoms with Crippen LogP contribution in [0.15, 0.2) is 66.8 Å². The average molecular weight is 395 g/mol. The van der Waals surface area contributed by atoms with Gasteiger partial charge in [-0.1, -0.05) is 43.7 Å². The van der Waals surface area contributed by atoms with Gasteiger partial charge in [-0.05, 0) is 48.2 Å². The summed E-state index contributed by atoms with van der Waals surface area (Å²) in [6, 6.07) is 13.3. The van der Waals surface area contributed by atoms with E-state index in [0.29, 0.717) is 0 Å². The quantitative estimate of drug-likeness (QED) is 0.169. The molecule has 0 spiro atoms. The Kier molecular flexibility index (Phi) is 8.63. The third-order valence-electron chi connectivity index (χ3n) is 4.26. The molecule has 0 aliphatic carbocycles. The zero-order chi connectivity index (χ0) is 21.1. The molecule has 6 heteroatoms. The summed E-state index contributed by atoms with van der Waals surface area (Å²) < 4.78 is 10.4. The van der Waals surface area contributed by atoms with Crippen molar-refractivity contribution in [3.63, 3.8) is 0 Å². The lowest BCUT2D eigenvalue weighted by Gasteiger charge is -2.08. The normalized spacial score (nSPS) is 11.4. The van der Waals surface area contributed by atoms with Crippen LogP contribution in [-0.2, 0) is 4.79 Å². The highest BCUT2D eigenvalue weighted by Crippen LogP contribution is 2.23. The fraction of sp³-hybridized carbons (Fsp3) is 0.261. The fourth-order valence-electron chi connectivity index (χ4n) is 2.65. The monoisotopic (exact) mass is 395 g/mol. The van der Waals surface area contributed by atoms with Crippen LogP contribution < -0.4 is 9.47 Å². The van der Waals surface area contributed by atoms with Crippen LogP contribution in [0.5, 0.6) is 11.5 Å². The standard InChI is InChI=1S/C23H25NO5/c1-3-4-7-18(19-10-14-21(28-2)15-11-19)8-5-6-9-23(25)29-22-16-12-20(13-17-22)24(26)27/h5-6,8,10-17H,3-4,7,9H2,1-2H3/b6-5+,18-8+. The fourth-order valence-corrected chi connectivity index (χ4v) is 2.65. The molecular formula is C23H25NO5. The Balaban J connectivity index is 1.96. The molecule has 0 atom stereocenters. The molecule has 0 aliphatic rings. The van der Waals surface area contributed by atoms with Gasteiger partial charge in [-0.15, -0.1) is 0 Å². The van der Waals surface area contributed by atoms with Crippen molar-refractivity contribution >= 4 is 17.2 Å². The van der Waals surface area contributed by atoms with E-state index >= 15 is 0 Å². The van der Waals surface area contributed by atoms with Crippen molar-refractivity contribution in [2.75, 3.05) is 7.11 Å². The second kappa shape index (κ2) is 11.4. The van der Waals surface area contributed by atoms with E-state index in [1.807, 2.05) is 36.4 Å². The molecule has 0 bridgehead atoms. The van der Waals surface area contributed by atoms with E-state index in [1.54, 1.807) is 13.2 Å². The van der Waals surface area contributed by atoms with E-state index in [0.717, 1.165) is 30.6 Å². The van der Waals surface area contributed by atoms with Crippen LogP contribution in [0.2, 0.25) is 0 Å². The van der Waals surface area contributed by atoms with E-state index in [9.17, 15) is 14.9 Å². The lowest BCUT2D eigenvalue weighted by molar-refractivity contribution is -0.384. The summed E-state index contributed by atoms with van der Waals surface area (Å²) >= 11 is 0. The summed E-state index contributed by atoms with van der Waals surface area (Å²) in [5.74, 6) is 0.669. The first-order chi connectivity index (χ1) is 14.0. The van der Waals surface area contributed by atoms with Crippen molar-refractivity contribution in [3.05, 3.63) is 82.4 Å². The molecule has 152 valence electrons. The maximum atomic E-state index is 11.9. The first kappa shape index (κ1) is 21.9. The predicted molar refractivity (Wildman–Crippen MR) is 113 cm³/mol. The van der Waals surface area contributed by atoms with Crippen molar-refractivity contribution in [3.8, 4) is 11.5 Å². The number of carbonyl (C=O) groups is 1. The van der Waals surface area contributed by atoms with E-state index in [1.165, 1.54) is 29.8 Å². The van der Waals surface area contributed by atoms with Crippen LogP contribution in [0.3, 0.4) is 0 Å². The molecule has 0 heterocycles. The number of ether oxygens (including phenoxy) is 2. The molecule has 0 saturated heterocycles. The molecule has 6 nitrogen and oxygen atoms in total. The predicted octanol–water partition coefficient (Wildman–Crippen LogP) is 5.73. The summed E-state index contributed by atoms with van der Waals surface area (Å²) in [7, 11) is 1.64. The molecule has 0 saturated carbocycles. The minimum atomic E-state index is -0.500. The highest BCUT2D eigenvalue weighted by atomic mass is 16.6. The third kappa shape index (κ3) is 7.25.